The summed E-state index contributed by atoms with van der Waals surface area (Å²) in [5.74, 6) is -3.24. The second kappa shape index (κ2) is 10.5. The first kappa shape index (κ1) is 24.3. The van der Waals surface area contributed by atoms with Crippen LogP contribution < -0.4 is 0 Å². The second-order valence-electron chi connectivity index (χ2n) is 7.22. The fourth-order valence-corrected chi connectivity index (χ4v) is 4.60. The molecule has 0 aliphatic heterocycles. The van der Waals surface area contributed by atoms with Gasteiger partial charge in [0.05, 0.1) is 5.69 Å². The number of aromatic amines is 1. The first-order valence-electron chi connectivity index (χ1n) is 9.86. The van der Waals surface area contributed by atoms with Crippen LogP contribution in [0, 0.1) is 0 Å². The smallest absolute Gasteiger partial charge is 0.476 e. The van der Waals surface area contributed by atoms with Gasteiger partial charge in [0.1, 0.15) is 0 Å². The number of nitrogens with zero attached hydrogens (tertiary/aromatic N) is 4. The van der Waals surface area contributed by atoms with Crippen molar-refractivity contribution in [1.29, 1.82) is 0 Å². The quantitative estimate of drug-likeness (QED) is 0.493. The number of nitrogens with one attached hydrogen (secondary N) is 1. The Morgan fingerprint density at radius 3 is 2.21 bits per heavy atom. The molecule has 33 heavy (non-hydrogen) atoms. The van der Waals surface area contributed by atoms with Crippen LogP contribution in [0.3, 0.4) is 0 Å². The molecule has 1 aromatic carbocycles. The second-order valence-corrected chi connectivity index (χ2v) is 8.51. The molecule has 1 saturated carbocycles. The molecule has 0 atom stereocenters. The molecule has 0 bridgehead atoms. The molecule has 0 amide bonds. The van der Waals surface area contributed by atoms with E-state index in [1.165, 1.54) is 17.3 Å². The summed E-state index contributed by atoms with van der Waals surface area (Å²) in [4.78, 5) is 20.0. The van der Waals surface area contributed by atoms with Crippen LogP contribution in [0.5, 0.6) is 0 Å². The molecule has 0 unspecified atom stereocenters. The average Bonchev–Trinajstić information content (AvgIpc) is 3.47. The van der Waals surface area contributed by atoms with Crippen LogP contribution in [0.15, 0.2) is 47.8 Å². The molecule has 4 rings (SSSR count). The molecular weight excluding hydrogens is 463 g/mol. The Kier molecular flexibility index (Phi) is 7.74. The van der Waals surface area contributed by atoms with Crippen LogP contribution in [0.2, 0.25) is 0 Å². The van der Waals surface area contributed by atoms with Crippen molar-refractivity contribution in [2.75, 3.05) is 0 Å². The molecular formula is C20H20F3N5O4S. The van der Waals surface area contributed by atoms with Gasteiger partial charge in [0.2, 0.25) is 5.69 Å². The van der Waals surface area contributed by atoms with Crippen molar-refractivity contribution in [1.82, 2.24) is 25.2 Å². The number of carboxylic acid groups (broad SMARTS) is 2. The summed E-state index contributed by atoms with van der Waals surface area (Å²) in [6, 6.07) is 10.5. The van der Waals surface area contributed by atoms with Crippen molar-refractivity contribution in [3.05, 3.63) is 54.0 Å². The fraction of sp³-hybridized carbons (Fsp3) is 0.350. The van der Waals surface area contributed by atoms with Crippen LogP contribution in [0.1, 0.15) is 47.7 Å². The number of carboxylic acids is 2. The molecule has 9 nitrogen and oxygen atoms in total. The van der Waals surface area contributed by atoms with Crippen molar-refractivity contribution >= 4 is 23.7 Å². The van der Waals surface area contributed by atoms with Crippen molar-refractivity contribution in [3.63, 3.8) is 0 Å². The zero-order valence-electron chi connectivity index (χ0n) is 17.1. The number of halogens is 3. The standard InChI is InChI=1S/C18H19N5O2S.C2HF3O2/c24-18(25)16-17(21-22-20-16)26-15-8-4-13(5-9-15)12-2-6-14(7-3-12)23-11-1-10-19-23;3-2(4,5)1(6)7/h1-3,6-7,10-11,13,15H,4-5,8-9H2,(H,24,25)(H,20,21,22);(H,6,7). The third kappa shape index (κ3) is 6.57. The Morgan fingerprint density at radius 2 is 1.70 bits per heavy atom. The predicted molar refractivity (Wildman–Crippen MR) is 111 cm³/mol. The lowest BCUT2D eigenvalue weighted by Gasteiger charge is -2.28. The number of hydrogen-bond acceptors (Lipinski definition) is 6. The van der Waals surface area contributed by atoms with E-state index in [1.54, 1.807) is 6.20 Å². The van der Waals surface area contributed by atoms with Crippen LogP contribution in [-0.2, 0) is 4.79 Å². The van der Waals surface area contributed by atoms with Gasteiger partial charge >= 0.3 is 18.1 Å². The molecule has 0 saturated heterocycles. The maximum absolute atomic E-state index is 11.1. The lowest BCUT2D eigenvalue weighted by atomic mass is 9.84. The van der Waals surface area contributed by atoms with Crippen LogP contribution >= 0.6 is 11.8 Å². The maximum Gasteiger partial charge on any atom is 0.490 e. The number of aromatic nitrogens is 5. The number of H-pyrrole nitrogens is 1. The van der Waals surface area contributed by atoms with E-state index in [4.69, 9.17) is 15.0 Å². The summed E-state index contributed by atoms with van der Waals surface area (Å²) < 4.78 is 33.6. The van der Waals surface area contributed by atoms with Crippen molar-refractivity contribution in [2.45, 2.75) is 48.1 Å². The lowest BCUT2D eigenvalue weighted by molar-refractivity contribution is -0.192. The SMILES string of the molecule is O=C(O)C(F)(F)F.O=C(O)c1n[nH]nc1SC1CCC(c2ccc(-n3cccn3)cc2)CC1. The highest BCUT2D eigenvalue weighted by Crippen LogP contribution is 2.40. The van der Waals surface area contributed by atoms with Gasteiger partial charge < -0.3 is 10.2 Å². The molecule has 3 N–H and O–H groups in total. The topological polar surface area (TPSA) is 134 Å². The molecule has 3 aromatic rings. The van der Waals surface area contributed by atoms with Crippen molar-refractivity contribution in [2.24, 2.45) is 0 Å². The van der Waals surface area contributed by atoms with Gasteiger partial charge in [-0.15, -0.1) is 10.2 Å². The van der Waals surface area contributed by atoms with Crippen molar-refractivity contribution < 1.29 is 33.0 Å². The Morgan fingerprint density at radius 1 is 1.06 bits per heavy atom. The highest BCUT2D eigenvalue weighted by molar-refractivity contribution is 7.99. The summed E-state index contributed by atoms with van der Waals surface area (Å²) in [6.45, 7) is 0. The van der Waals surface area contributed by atoms with Gasteiger partial charge in [0.25, 0.3) is 0 Å². The fourth-order valence-electron chi connectivity index (χ4n) is 3.44. The zero-order chi connectivity index (χ0) is 24.0. The average molecular weight is 483 g/mol. The number of aromatic carboxylic acids is 1. The number of benzene rings is 1. The van der Waals surface area contributed by atoms with Gasteiger partial charge in [0, 0.05) is 17.6 Å². The molecule has 176 valence electrons. The van der Waals surface area contributed by atoms with Gasteiger partial charge in [-0.05, 0) is 55.4 Å². The predicted octanol–water partition coefficient (Wildman–Crippen LogP) is 4.14. The first-order valence-corrected chi connectivity index (χ1v) is 10.7. The third-order valence-electron chi connectivity index (χ3n) is 5.05. The monoisotopic (exact) mass is 483 g/mol. The highest BCUT2D eigenvalue weighted by atomic mass is 32.2. The van der Waals surface area contributed by atoms with Gasteiger partial charge in [-0.3, -0.25) is 0 Å². The van der Waals surface area contributed by atoms with E-state index in [0.717, 1.165) is 31.4 Å². The minimum Gasteiger partial charge on any atom is -0.476 e. The van der Waals surface area contributed by atoms with E-state index < -0.39 is 18.1 Å². The summed E-state index contributed by atoms with van der Waals surface area (Å²) >= 11 is 1.53. The zero-order valence-corrected chi connectivity index (χ0v) is 17.9. The van der Waals surface area contributed by atoms with Gasteiger partial charge in [-0.2, -0.15) is 23.5 Å². The first-order chi connectivity index (χ1) is 15.6. The minimum absolute atomic E-state index is 0.0198. The van der Waals surface area contributed by atoms with Crippen LogP contribution in [0.4, 0.5) is 13.2 Å². The van der Waals surface area contributed by atoms with Gasteiger partial charge in [-0.25, -0.2) is 14.3 Å². The Balaban J connectivity index is 0.000000383. The maximum atomic E-state index is 11.1. The summed E-state index contributed by atoms with van der Waals surface area (Å²) in [7, 11) is 0. The number of rotatable bonds is 5. The third-order valence-corrected chi connectivity index (χ3v) is 6.36. The normalized spacial score (nSPS) is 18.3. The molecule has 0 spiro atoms. The summed E-state index contributed by atoms with van der Waals surface area (Å²) in [5, 5.41) is 31.5. The Labute approximate surface area is 190 Å². The van der Waals surface area contributed by atoms with E-state index >= 15 is 0 Å². The minimum atomic E-state index is -5.08. The molecule has 0 radical (unpaired) electrons. The highest BCUT2D eigenvalue weighted by Gasteiger charge is 2.38. The van der Waals surface area contributed by atoms with E-state index in [1.807, 2.05) is 16.9 Å². The van der Waals surface area contributed by atoms with E-state index in [2.05, 4.69) is 44.8 Å². The summed E-state index contributed by atoms with van der Waals surface area (Å²) in [6.07, 6.45) is 2.91. The molecule has 1 aliphatic rings. The van der Waals surface area contributed by atoms with Gasteiger partial charge in [-0.1, -0.05) is 23.9 Å². The number of alkyl halides is 3. The molecule has 1 aliphatic carbocycles. The number of hydrogen-bond donors (Lipinski definition) is 3. The number of thioether (sulfide) groups is 1. The molecule has 13 heteroatoms. The largest absolute Gasteiger partial charge is 0.490 e. The number of aliphatic carboxylic acids is 1. The van der Waals surface area contributed by atoms with E-state index in [9.17, 15) is 18.0 Å². The Bertz CT molecular complexity index is 1060. The van der Waals surface area contributed by atoms with Crippen LogP contribution in [0.25, 0.3) is 5.69 Å². The molecule has 2 heterocycles. The van der Waals surface area contributed by atoms with Crippen LogP contribution in [-0.4, -0.2) is 58.8 Å². The lowest BCUT2D eigenvalue weighted by Crippen LogP contribution is -2.21. The van der Waals surface area contributed by atoms with Gasteiger partial charge in [0.15, 0.2) is 5.03 Å². The van der Waals surface area contributed by atoms with Crippen molar-refractivity contribution in [3.8, 4) is 5.69 Å². The molecule has 2 aromatic heterocycles. The Hall–Kier alpha value is -3.35. The summed E-state index contributed by atoms with van der Waals surface area (Å²) in [5.41, 5.74) is 2.44. The molecule has 1 fully saturated rings. The van der Waals surface area contributed by atoms with E-state index in [-0.39, 0.29) is 5.69 Å². The van der Waals surface area contributed by atoms with E-state index in [0.29, 0.717) is 16.2 Å². The number of carbonyl (C=O) groups is 2.